The van der Waals surface area contributed by atoms with Gasteiger partial charge in [0.2, 0.25) is 0 Å². The molecule has 0 atom stereocenters. The van der Waals surface area contributed by atoms with Crippen LogP contribution in [0, 0.1) is 0 Å². The van der Waals surface area contributed by atoms with Gasteiger partial charge in [0.1, 0.15) is 0 Å². The van der Waals surface area contributed by atoms with Gasteiger partial charge in [0, 0.05) is 0 Å². The first-order chi connectivity index (χ1) is 0. The van der Waals surface area contributed by atoms with Crippen LogP contribution in [0.1, 0.15) is 0 Å². The van der Waals surface area contributed by atoms with Gasteiger partial charge in [0.25, 0.3) is 0 Å². The molecular formula is H9GaMgOSn. The Balaban J connectivity index is 0. The van der Waals surface area contributed by atoms with E-state index in [2.05, 4.69) is 0 Å². The predicted octanol–water partition coefficient (Wildman–Crippen LogP) is -3.84. The van der Waals surface area contributed by atoms with Gasteiger partial charge in [-0.2, -0.15) is 0 Å². The fraction of sp³-hybridized carbons (Fsp3) is 0. The van der Waals surface area contributed by atoms with E-state index in [9.17, 15) is 0 Å². The van der Waals surface area contributed by atoms with Gasteiger partial charge in [-0.3, -0.25) is 0 Å². The van der Waals surface area contributed by atoms with Gasteiger partial charge in [-0.1, -0.05) is 0 Å². The molecule has 0 spiro atoms. The quantitative estimate of drug-likeness (QED) is 0.387. The first kappa shape index (κ1) is 35.1. The molecule has 0 rings (SSSR count). The average molecular weight is 238 g/mol. The summed E-state index contributed by atoms with van der Waals surface area (Å²) in [6.45, 7) is 0. The molecule has 0 aliphatic carbocycles. The van der Waals surface area contributed by atoms with E-state index in [1.54, 1.807) is 0 Å². The van der Waals surface area contributed by atoms with Gasteiger partial charge < -0.3 is 5.48 Å². The Morgan fingerprint density at radius 1 is 1.00 bits per heavy atom. The van der Waals surface area contributed by atoms with E-state index >= 15 is 0 Å². The van der Waals surface area contributed by atoms with Crippen molar-refractivity contribution < 1.29 is 5.48 Å². The summed E-state index contributed by atoms with van der Waals surface area (Å²) in [5.74, 6) is 0. The molecule has 0 aromatic heterocycles. The number of hydrogen-bond donors (Lipinski definition) is 0. The molecule has 0 saturated heterocycles. The van der Waals surface area contributed by atoms with Crippen LogP contribution in [0.3, 0.4) is 0 Å². The van der Waals surface area contributed by atoms with Crippen LogP contribution in [-0.4, -0.2) is 72.2 Å². The molecule has 0 bridgehead atoms. The van der Waals surface area contributed by atoms with E-state index in [0.29, 0.717) is 0 Å². The van der Waals surface area contributed by atoms with Crippen molar-refractivity contribution in [2.24, 2.45) is 0 Å². The Bertz CT molecular complexity index is 8.00. The minimum atomic E-state index is 0. The maximum atomic E-state index is 0. The van der Waals surface area contributed by atoms with Gasteiger partial charge in [-0.25, -0.2) is 0 Å². The van der Waals surface area contributed by atoms with Crippen LogP contribution in [-0.2, 0) is 0 Å². The molecule has 0 saturated carbocycles. The van der Waals surface area contributed by atoms with Crippen molar-refractivity contribution >= 4 is 66.8 Å². The summed E-state index contributed by atoms with van der Waals surface area (Å²) in [4.78, 5) is 0. The Morgan fingerprint density at radius 3 is 1.00 bits per heavy atom. The Kier molecular flexibility index (Phi) is 168. The third-order valence-electron chi connectivity index (χ3n) is 0. The van der Waals surface area contributed by atoms with E-state index in [4.69, 9.17) is 0 Å². The maximum absolute atomic E-state index is 0. The molecule has 0 unspecified atom stereocenters. The van der Waals surface area contributed by atoms with E-state index in [1.165, 1.54) is 0 Å². The van der Waals surface area contributed by atoms with Crippen molar-refractivity contribution in [2.45, 2.75) is 0 Å². The van der Waals surface area contributed by atoms with Crippen LogP contribution in [0.4, 0.5) is 0 Å². The van der Waals surface area contributed by atoms with Gasteiger partial charge in [-0.15, -0.1) is 0 Å². The van der Waals surface area contributed by atoms with Crippen molar-refractivity contribution in [3.8, 4) is 0 Å². The van der Waals surface area contributed by atoms with Gasteiger partial charge in [0.05, 0.1) is 0 Å². The molecule has 0 aromatic rings. The van der Waals surface area contributed by atoms with Crippen molar-refractivity contribution in [2.75, 3.05) is 0 Å². The SMILES string of the molecule is O.[GaH3].[MgH2].[SnH2]. The summed E-state index contributed by atoms with van der Waals surface area (Å²) in [5, 5.41) is 0. The molecule has 0 heterocycles. The van der Waals surface area contributed by atoms with E-state index < -0.39 is 0 Å². The third kappa shape index (κ3) is 8.90. The molecular weight excluding hydrogens is 229 g/mol. The Morgan fingerprint density at radius 2 is 1.00 bits per heavy atom. The summed E-state index contributed by atoms with van der Waals surface area (Å²) in [5.41, 5.74) is 0. The molecule has 4 heteroatoms. The molecule has 0 amide bonds. The van der Waals surface area contributed by atoms with Crippen molar-refractivity contribution in [3.63, 3.8) is 0 Å². The van der Waals surface area contributed by atoms with Crippen molar-refractivity contribution in [1.82, 2.24) is 0 Å². The van der Waals surface area contributed by atoms with Crippen LogP contribution in [0.15, 0.2) is 0 Å². The fourth-order valence-electron chi connectivity index (χ4n) is 0. The fourth-order valence-corrected chi connectivity index (χ4v) is 0. The predicted molar refractivity (Wildman–Crippen MR) is 30.6 cm³/mol. The molecule has 2 radical (unpaired) electrons. The van der Waals surface area contributed by atoms with Crippen LogP contribution in [0.25, 0.3) is 0 Å². The summed E-state index contributed by atoms with van der Waals surface area (Å²) in [6, 6.07) is 0. The van der Waals surface area contributed by atoms with E-state index in [1.807, 2.05) is 0 Å². The molecule has 1 nitrogen and oxygen atoms in total. The Hall–Kier alpha value is 2.16. The standard InChI is InChI=1S/Ga.Mg.H2O.Sn.7H/h;;1H2;;;;;;;;. The number of rotatable bonds is 0. The summed E-state index contributed by atoms with van der Waals surface area (Å²) >= 11 is 0. The second kappa shape index (κ2) is 19.1. The van der Waals surface area contributed by atoms with E-state index in [-0.39, 0.29) is 72.2 Å². The zero-order valence-electron chi connectivity index (χ0n) is 1.21. The van der Waals surface area contributed by atoms with Gasteiger partial charge in [-0.05, 0) is 0 Å². The second-order valence-corrected chi connectivity index (χ2v) is 0. The molecule has 0 aliphatic rings. The van der Waals surface area contributed by atoms with Crippen LogP contribution >= 0.6 is 0 Å². The van der Waals surface area contributed by atoms with Crippen molar-refractivity contribution in [1.29, 1.82) is 0 Å². The van der Waals surface area contributed by atoms with Crippen molar-refractivity contribution in [3.05, 3.63) is 0 Å². The Labute approximate surface area is 71.4 Å². The second-order valence-electron chi connectivity index (χ2n) is 0. The third-order valence-corrected chi connectivity index (χ3v) is 0. The molecule has 24 valence electrons. The average Bonchev–Trinajstić information content (AvgIpc) is 0. The topological polar surface area (TPSA) is 31.5 Å². The van der Waals surface area contributed by atoms with Gasteiger partial charge >= 0.3 is 66.8 Å². The monoisotopic (exact) mass is 238 g/mol. The summed E-state index contributed by atoms with van der Waals surface area (Å²) in [7, 11) is 0. The first-order valence-electron chi connectivity index (χ1n) is 0. The zero-order valence-corrected chi connectivity index (χ0v) is 5.24. The normalized spacial score (nSPS) is 0. The molecule has 2 N–H and O–H groups in total. The van der Waals surface area contributed by atoms with Crippen LogP contribution in [0.2, 0.25) is 0 Å². The van der Waals surface area contributed by atoms with Crippen LogP contribution in [0.5, 0.6) is 0 Å². The molecule has 0 aliphatic heterocycles. The van der Waals surface area contributed by atoms with Gasteiger partial charge in [0.15, 0.2) is 0 Å². The molecule has 0 aromatic carbocycles. The first-order valence-corrected chi connectivity index (χ1v) is 0. The minimum absolute atomic E-state index is 0. The van der Waals surface area contributed by atoms with E-state index in [0.717, 1.165) is 0 Å². The molecule has 0 fully saturated rings. The van der Waals surface area contributed by atoms with Crippen LogP contribution < -0.4 is 0 Å². The summed E-state index contributed by atoms with van der Waals surface area (Å²) < 4.78 is 0. The molecule has 4 heavy (non-hydrogen) atoms. The number of hydrogen-bond acceptors (Lipinski definition) is 0. The summed E-state index contributed by atoms with van der Waals surface area (Å²) in [6.07, 6.45) is 0. The zero-order chi connectivity index (χ0) is 0.